The maximum absolute atomic E-state index is 12.6. The number of hydrogen-bond acceptors (Lipinski definition) is 6. The van der Waals surface area contributed by atoms with Gasteiger partial charge in [-0.2, -0.15) is 5.10 Å². The second kappa shape index (κ2) is 8.45. The summed E-state index contributed by atoms with van der Waals surface area (Å²) in [7, 11) is 1.78. The minimum absolute atomic E-state index is 0.00658. The molecule has 10 heteroatoms. The largest absolute Gasteiger partial charge is 0.453 e. The molecule has 2 heterocycles. The van der Waals surface area contributed by atoms with Crippen LogP contribution < -0.4 is 10.6 Å². The summed E-state index contributed by atoms with van der Waals surface area (Å²) in [6.45, 7) is 5.26. The highest BCUT2D eigenvalue weighted by atomic mass is 16.5. The van der Waals surface area contributed by atoms with Gasteiger partial charge in [0.2, 0.25) is 0 Å². The van der Waals surface area contributed by atoms with Crippen molar-refractivity contribution in [1.29, 1.82) is 0 Å². The lowest BCUT2D eigenvalue weighted by Crippen LogP contribution is -2.44. The van der Waals surface area contributed by atoms with Gasteiger partial charge in [0.25, 0.3) is 11.8 Å². The molecule has 1 spiro atoms. The number of carbonyl (C=O) groups excluding carboxylic acids is 4. The molecule has 1 saturated heterocycles. The van der Waals surface area contributed by atoms with Gasteiger partial charge in [-0.1, -0.05) is 12.8 Å². The van der Waals surface area contributed by atoms with Crippen LogP contribution in [0.15, 0.2) is 0 Å². The summed E-state index contributed by atoms with van der Waals surface area (Å²) < 4.78 is 6.86. The van der Waals surface area contributed by atoms with Crippen molar-refractivity contribution in [2.24, 2.45) is 7.05 Å². The van der Waals surface area contributed by atoms with Gasteiger partial charge in [0.05, 0.1) is 17.1 Å². The van der Waals surface area contributed by atoms with Gasteiger partial charge in [0, 0.05) is 20.0 Å². The predicted molar refractivity (Wildman–Crippen MR) is 108 cm³/mol. The van der Waals surface area contributed by atoms with Crippen molar-refractivity contribution < 1.29 is 23.9 Å². The molecule has 0 unspecified atom stereocenters. The van der Waals surface area contributed by atoms with E-state index in [1.165, 1.54) is 11.8 Å². The van der Waals surface area contributed by atoms with Gasteiger partial charge in [-0.15, -0.1) is 0 Å². The number of rotatable bonds is 7. The monoisotopic (exact) mass is 419 g/mol. The Morgan fingerprint density at radius 3 is 2.53 bits per heavy atom. The smallest absolute Gasteiger partial charge is 0.325 e. The zero-order valence-electron chi connectivity index (χ0n) is 17.9. The maximum Gasteiger partial charge on any atom is 0.325 e. The van der Waals surface area contributed by atoms with E-state index in [0.29, 0.717) is 24.2 Å². The molecule has 1 atom stereocenters. The molecule has 30 heavy (non-hydrogen) atoms. The van der Waals surface area contributed by atoms with Gasteiger partial charge >= 0.3 is 12.0 Å². The summed E-state index contributed by atoms with van der Waals surface area (Å²) in [4.78, 5) is 50.4. The highest BCUT2D eigenvalue weighted by Crippen LogP contribution is 2.35. The van der Waals surface area contributed by atoms with E-state index in [2.05, 4.69) is 15.7 Å². The number of anilines is 1. The lowest BCUT2D eigenvalue weighted by atomic mass is 9.98. The average Bonchev–Trinajstić information content (AvgIpc) is 3.31. The normalized spacial score (nSPS) is 18.6. The molecular formula is C20H29N5O5. The van der Waals surface area contributed by atoms with Crippen LogP contribution in [0.5, 0.6) is 0 Å². The third-order valence-corrected chi connectivity index (χ3v) is 5.90. The first kappa shape index (κ1) is 21.8. The molecule has 1 aromatic heterocycles. The maximum atomic E-state index is 12.6. The number of nitrogens with one attached hydrogen (secondary N) is 2. The van der Waals surface area contributed by atoms with E-state index in [-0.39, 0.29) is 25.3 Å². The molecular weight excluding hydrogens is 390 g/mol. The molecule has 1 saturated carbocycles. The standard InChI is InChI=1S/C20H29N5O5/c1-12-16(13(2)24(4)23-12)21-17(27)14(3)30-15(26)8-7-11-25-18(28)20(22-19(25)29)9-5-6-10-20/h14H,5-11H2,1-4H3,(H,21,27)(H,22,29)/t14-/m1/s1. The highest BCUT2D eigenvalue weighted by Gasteiger charge is 2.52. The third-order valence-electron chi connectivity index (χ3n) is 5.90. The Labute approximate surface area is 175 Å². The second-order valence-corrected chi connectivity index (χ2v) is 8.07. The number of ether oxygens (including phenoxy) is 1. The number of imide groups is 1. The molecule has 2 aliphatic rings. The lowest BCUT2D eigenvalue weighted by Gasteiger charge is -2.20. The number of carbonyl (C=O) groups is 4. The van der Waals surface area contributed by atoms with Crippen LogP contribution in [0, 0.1) is 13.8 Å². The van der Waals surface area contributed by atoms with Crippen molar-refractivity contribution in [3.05, 3.63) is 11.4 Å². The molecule has 1 aliphatic carbocycles. The van der Waals surface area contributed by atoms with Crippen LogP contribution in [-0.2, 0) is 26.2 Å². The average molecular weight is 419 g/mol. The molecule has 1 aliphatic heterocycles. The van der Waals surface area contributed by atoms with E-state index >= 15 is 0 Å². The van der Waals surface area contributed by atoms with Crippen LogP contribution in [0.4, 0.5) is 10.5 Å². The minimum atomic E-state index is -0.977. The first-order valence-electron chi connectivity index (χ1n) is 10.3. The third kappa shape index (κ3) is 4.17. The molecule has 3 rings (SSSR count). The zero-order chi connectivity index (χ0) is 22.1. The number of esters is 1. The molecule has 0 aromatic carbocycles. The molecule has 0 radical (unpaired) electrons. The van der Waals surface area contributed by atoms with Gasteiger partial charge in [0.1, 0.15) is 5.54 Å². The Kier molecular flexibility index (Phi) is 6.14. The van der Waals surface area contributed by atoms with Crippen LogP contribution in [0.3, 0.4) is 0 Å². The van der Waals surface area contributed by atoms with Crippen molar-refractivity contribution >= 4 is 29.5 Å². The van der Waals surface area contributed by atoms with Crippen molar-refractivity contribution in [2.75, 3.05) is 11.9 Å². The van der Waals surface area contributed by atoms with Gasteiger partial charge in [0.15, 0.2) is 6.10 Å². The van der Waals surface area contributed by atoms with E-state index < -0.39 is 29.6 Å². The molecule has 1 aromatic rings. The predicted octanol–water partition coefficient (Wildman–Crippen LogP) is 1.55. The summed E-state index contributed by atoms with van der Waals surface area (Å²) in [5, 5.41) is 9.78. The van der Waals surface area contributed by atoms with Crippen molar-refractivity contribution in [3.8, 4) is 0 Å². The quantitative estimate of drug-likeness (QED) is 0.511. The minimum Gasteiger partial charge on any atom is -0.453 e. The SMILES string of the molecule is Cc1nn(C)c(C)c1NC(=O)[C@@H](C)OC(=O)CCCN1C(=O)NC2(CCCC2)C1=O. The van der Waals surface area contributed by atoms with Crippen LogP contribution in [0.2, 0.25) is 0 Å². The fourth-order valence-corrected chi connectivity index (χ4v) is 4.07. The Balaban J connectivity index is 1.44. The van der Waals surface area contributed by atoms with Crippen molar-refractivity contribution in [1.82, 2.24) is 20.0 Å². The number of amides is 4. The number of aromatic nitrogens is 2. The fraction of sp³-hybridized carbons (Fsp3) is 0.650. The molecule has 164 valence electrons. The van der Waals surface area contributed by atoms with Crippen LogP contribution in [0.25, 0.3) is 0 Å². The Hall–Kier alpha value is -2.91. The molecule has 2 N–H and O–H groups in total. The van der Waals surface area contributed by atoms with Crippen molar-refractivity contribution in [3.63, 3.8) is 0 Å². The topological polar surface area (TPSA) is 123 Å². The van der Waals surface area contributed by atoms with Gasteiger partial charge < -0.3 is 15.4 Å². The summed E-state index contributed by atoms with van der Waals surface area (Å²) in [5.41, 5.74) is 1.33. The van der Waals surface area contributed by atoms with Crippen LogP contribution in [-0.4, -0.2) is 56.7 Å². The molecule has 2 fully saturated rings. The zero-order valence-corrected chi connectivity index (χ0v) is 17.9. The van der Waals surface area contributed by atoms with Gasteiger partial charge in [-0.3, -0.25) is 24.0 Å². The van der Waals surface area contributed by atoms with E-state index in [1.807, 2.05) is 6.92 Å². The summed E-state index contributed by atoms with van der Waals surface area (Å²) in [6.07, 6.45) is 2.48. The van der Waals surface area contributed by atoms with Crippen molar-refractivity contribution in [2.45, 2.75) is 70.9 Å². The van der Waals surface area contributed by atoms with Gasteiger partial charge in [-0.25, -0.2) is 4.79 Å². The molecule has 10 nitrogen and oxygen atoms in total. The number of aryl methyl sites for hydroxylation is 2. The van der Waals surface area contributed by atoms with E-state index in [0.717, 1.165) is 18.5 Å². The summed E-state index contributed by atoms with van der Waals surface area (Å²) in [6, 6.07) is -0.398. The number of urea groups is 1. The van der Waals surface area contributed by atoms with E-state index in [4.69, 9.17) is 4.74 Å². The molecule has 4 amide bonds. The first-order valence-corrected chi connectivity index (χ1v) is 10.3. The Bertz CT molecular complexity index is 871. The van der Waals surface area contributed by atoms with Crippen LogP contribution in [0.1, 0.15) is 56.8 Å². The van der Waals surface area contributed by atoms with E-state index in [1.54, 1.807) is 18.7 Å². The first-order chi connectivity index (χ1) is 14.1. The second-order valence-electron chi connectivity index (χ2n) is 8.07. The Morgan fingerprint density at radius 2 is 1.93 bits per heavy atom. The van der Waals surface area contributed by atoms with E-state index in [9.17, 15) is 19.2 Å². The summed E-state index contributed by atoms with van der Waals surface area (Å²) in [5.74, 6) is -1.20. The highest BCUT2D eigenvalue weighted by molar-refractivity contribution is 6.07. The Morgan fingerprint density at radius 1 is 1.27 bits per heavy atom. The summed E-state index contributed by atoms with van der Waals surface area (Å²) >= 11 is 0. The molecule has 0 bridgehead atoms. The lowest BCUT2D eigenvalue weighted by molar-refractivity contribution is -0.153. The fourth-order valence-electron chi connectivity index (χ4n) is 4.07. The van der Waals surface area contributed by atoms with Crippen LogP contribution >= 0.6 is 0 Å². The number of nitrogens with zero attached hydrogens (tertiary/aromatic N) is 3. The van der Waals surface area contributed by atoms with Gasteiger partial charge in [-0.05, 0) is 40.0 Å². The number of hydrogen-bond donors (Lipinski definition) is 2.